The van der Waals surface area contributed by atoms with Gasteiger partial charge in [-0.3, -0.25) is 0 Å². The van der Waals surface area contributed by atoms with Crippen molar-refractivity contribution < 1.29 is 8.42 Å². The highest BCUT2D eigenvalue weighted by molar-refractivity contribution is 7.89. The predicted octanol–water partition coefficient (Wildman–Crippen LogP) is 0.810. The van der Waals surface area contributed by atoms with E-state index in [1.807, 2.05) is 13.8 Å². The molecule has 1 aromatic heterocycles. The van der Waals surface area contributed by atoms with Crippen molar-refractivity contribution in [1.29, 1.82) is 0 Å². The Morgan fingerprint density at radius 3 is 2.64 bits per heavy atom. The molecule has 6 heteroatoms. The molecule has 1 aromatic rings. The SMILES string of the molecule is CCC(C)n1nc(C)cc1S(N)(=O)=O. The fraction of sp³-hybridized carbons (Fsp3) is 0.625. The van der Waals surface area contributed by atoms with Crippen LogP contribution < -0.4 is 5.14 Å². The molecule has 2 N–H and O–H groups in total. The maximum Gasteiger partial charge on any atom is 0.255 e. The van der Waals surface area contributed by atoms with Gasteiger partial charge in [0.15, 0.2) is 5.03 Å². The highest BCUT2D eigenvalue weighted by Crippen LogP contribution is 2.17. The Hall–Kier alpha value is -0.880. The molecule has 0 saturated carbocycles. The first kappa shape index (κ1) is 11.2. The molecule has 1 unspecified atom stereocenters. The van der Waals surface area contributed by atoms with Crippen molar-refractivity contribution in [2.45, 2.75) is 38.3 Å². The molecule has 0 amide bonds. The van der Waals surface area contributed by atoms with Gasteiger partial charge in [0, 0.05) is 0 Å². The number of nitrogens with two attached hydrogens (primary N) is 1. The lowest BCUT2D eigenvalue weighted by Crippen LogP contribution is -2.19. The molecule has 0 bridgehead atoms. The first-order valence-electron chi connectivity index (χ1n) is 4.45. The zero-order chi connectivity index (χ0) is 10.9. The van der Waals surface area contributed by atoms with Gasteiger partial charge in [-0.2, -0.15) is 5.10 Å². The molecule has 0 fully saturated rings. The topological polar surface area (TPSA) is 78.0 Å². The summed E-state index contributed by atoms with van der Waals surface area (Å²) in [4.78, 5) is 0. The second-order valence-corrected chi connectivity index (χ2v) is 4.88. The molecular weight excluding hydrogens is 202 g/mol. The summed E-state index contributed by atoms with van der Waals surface area (Å²) in [5.41, 5.74) is 0.661. The number of aryl methyl sites for hydroxylation is 1. The minimum absolute atomic E-state index is 0.0389. The minimum atomic E-state index is -3.67. The van der Waals surface area contributed by atoms with E-state index in [1.54, 1.807) is 6.92 Å². The molecule has 14 heavy (non-hydrogen) atoms. The quantitative estimate of drug-likeness (QED) is 0.813. The molecule has 1 heterocycles. The van der Waals surface area contributed by atoms with Crippen molar-refractivity contribution in [2.24, 2.45) is 5.14 Å². The summed E-state index contributed by atoms with van der Waals surface area (Å²) in [7, 11) is -3.67. The van der Waals surface area contributed by atoms with E-state index in [2.05, 4.69) is 5.10 Å². The van der Waals surface area contributed by atoms with Gasteiger partial charge in [-0.25, -0.2) is 18.2 Å². The average Bonchev–Trinajstić information content (AvgIpc) is 2.45. The lowest BCUT2D eigenvalue weighted by atomic mass is 10.3. The van der Waals surface area contributed by atoms with Crippen LogP contribution in [-0.2, 0) is 10.0 Å². The summed E-state index contributed by atoms with van der Waals surface area (Å²) in [5, 5.41) is 9.27. The zero-order valence-corrected chi connectivity index (χ0v) is 9.37. The molecule has 1 atom stereocenters. The molecular formula is C8H15N3O2S. The molecule has 0 spiro atoms. The van der Waals surface area contributed by atoms with Crippen LogP contribution in [0.25, 0.3) is 0 Å². The van der Waals surface area contributed by atoms with Crippen molar-refractivity contribution in [1.82, 2.24) is 9.78 Å². The van der Waals surface area contributed by atoms with Gasteiger partial charge in [-0.1, -0.05) is 6.92 Å². The first-order valence-corrected chi connectivity index (χ1v) is 5.99. The Bertz CT molecular complexity index is 422. The van der Waals surface area contributed by atoms with Crippen LogP contribution in [0.5, 0.6) is 0 Å². The summed E-state index contributed by atoms with van der Waals surface area (Å²) in [6.07, 6.45) is 0.809. The first-order chi connectivity index (χ1) is 6.36. The predicted molar refractivity (Wildman–Crippen MR) is 53.3 cm³/mol. The maximum absolute atomic E-state index is 11.2. The molecule has 0 aliphatic heterocycles. The van der Waals surface area contributed by atoms with Gasteiger partial charge >= 0.3 is 0 Å². The van der Waals surface area contributed by atoms with Crippen molar-refractivity contribution in [3.63, 3.8) is 0 Å². The number of hydrogen-bond donors (Lipinski definition) is 1. The summed E-state index contributed by atoms with van der Waals surface area (Å²) in [5.74, 6) is 0. The molecule has 0 aliphatic rings. The van der Waals surface area contributed by atoms with Crippen LogP contribution in [0.4, 0.5) is 0 Å². The zero-order valence-electron chi connectivity index (χ0n) is 8.56. The van der Waals surface area contributed by atoms with Gasteiger partial charge in [0.05, 0.1) is 11.7 Å². The van der Waals surface area contributed by atoms with Crippen molar-refractivity contribution in [2.75, 3.05) is 0 Å². The van der Waals surface area contributed by atoms with Crippen LogP contribution in [-0.4, -0.2) is 18.2 Å². The summed E-state index contributed by atoms with van der Waals surface area (Å²) in [6, 6.07) is 1.53. The maximum atomic E-state index is 11.2. The van der Waals surface area contributed by atoms with E-state index in [0.29, 0.717) is 5.69 Å². The van der Waals surface area contributed by atoms with Gasteiger partial charge in [-0.05, 0) is 26.3 Å². The molecule has 80 valence electrons. The normalized spacial score (nSPS) is 14.3. The summed E-state index contributed by atoms with van der Waals surface area (Å²) in [6.45, 7) is 5.61. The lowest BCUT2D eigenvalue weighted by Gasteiger charge is -2.11. The third-order valence-electron chi connectivity index (χ3n) is 2.12. The van der Waals surface area contributed by atoms with Crippen molar-refractivity contribution in [3.05, 3.63) is 11.8 Å². The lowest BCUT2D eigenvalue weighted by molar-refractivity contribution is 0.435. The number of aromatic nitrogens is 2. The Balaban J connectivity index is 3.30. The highest BCUT2D eigenvalue weighted by atomic mass is 32.2. The Labute approximate surface area is 84.0 Å². The van der Waals surface area contributed by atoms with Crippen LogP contribution >= 0.6 is 0 Å². The average molecular weight is 217 g/mol. The van der Waals surface area contributed by atoms with E-state index in [4.69, 9.17) is 5.14 Å². The molecule has 0 aromatic carbocycles. The standard InChI is InChI=1S/C8H15N3O2S/c1-4-7(3)11-8(14(9,12)13)5-6(2)10-11/h5,7H,4H2,1-3H3,(H2,9,12,13). The molecule has 0 radical (unpaired) electrons. The van der Waals surface area contributed by atoms with E-state index < -0.39 is 10.0 Å². The third kappa shape index (κ3) is 2.13. The number of hydrogen-bond acceptors (Lipinski definition) is 3. The number of sulfonamides is 1. The van der Waals surface area contributed by atoms with Crippen molar-refractivity contribution >= 4 is 10.0 Å². The smallest absolute Gasteiger partial charge is 0.250 e. The monoisotopic (exact) mass is 217 g/mol. The fourth-order valence-electron chi connectivity index (χ4n) is 1.19. The molecule has 0 aliphatic carbocycles. The van der Waals surface area contributed by atoms with Crippen LogP contribution in [0.1, 0.15) is 32.0 Å². The van der Waals surface area contributed by atoms with Crippen LogP contribution in [0.2, 0.25) is 0 Å². The van der Waals surface area contributed by atoms with Gasteiger partial charge in [0.2, 0.25) is 0 Å². The Kier molecular flexibility index (Phi) is 2.96. The van der Waals surface area contributed by atoms with E-state index in [-0.39, 0.29) is 11.1 Å². The fourth-order valence-corrected chi connectivity index (χ4v) is 2.01. The van der Waals surface area contributed by atoms with Gasteiger partial charge in [0.25, 0.3) is 10.0 Å². The van der Waals surface area contributed by atoms with Crippen LogP contribution in [0, 0.1) is 6.92 Å². The summed E-state index contributed by atoms with van der Waals surface area (Å²) < 4.78 is 23.9. The number of rotatable bonds is 3. The second-order valence-electron chi connectivity index (χ2n) is 3.37. The van der Waals surface area contributed by atoms with E-state index in [1.165, 1.54) is 10.7 Å². The van der Waals surface area contributed by atoms with Gasteiger partial charge in [0.1, 0.15) is 0 Å². The van der Waals surface area contributed by atoms with Crippen LogP contribution in [0.15, 0.2) is 11.1 Å². The van der Waals surface area contributed by atoms with E-state index in [9.17, 15) is 8.42 Å². The number of nitrogens with zero attached hydrogens (tertiary/aromatic N) is 2. The van der Waals surface area contributed by atoms with Gasteiger partial charge < -0.3 is 0 Å². The number of primary sulfonamides is 1. The summed E-state index contributed by atoms with van der Waals surface area (Å²) >= 11 is 0. The minimum Gasteiger partial charge on any atom is -0.250 e. The second kappa shape index (κ2) is 3.70. The third-order valence-corrected chi connectivity index (χ3v) is 3.01. The van der Waals surface area contributed by atoms with E-state index in [0.717, 1.165) is 6.42 Å². The van der Waals surface area contributed by atoms with E-state index >= 15 is 0 Å². The molecule has 5 nitrogen and oxygen atoms in total. The Morgan fingerprint density at radius 2 is 2.21 bits per heavy atom. The largest absolute Gasteiger partial charge is 0.255 e. The molecule has 1 rings (SSSR count). The Morgan fingerprint density at radius 1 is 1.64 bits per heavy atom. The molecule has 0 saturated heterocycles. The van der Waals surface area contributed by atoms with Crippen LogP contribution in [0.3, 0.4) is 0 Å². The highest BCUT2D eigenvalue weighted by Gasteiger charge is 2.18. The van der Waals surface area contributed by atoms with Crippen molar-refractivity contribution in [3.8, 4) is 0 Å². The van der Waals surface area contributed by atoms with Gasteiger partial charge in [-0.15, -0.1) is 0 Å².